The summed E-state index contributed by atoms with van der Waals surface area (Å²) < 4.78 is 0. The molecule has 2 bridgehead atoms. The predicted molar refractivity (Wildman–Crippen MR) is 78.9 cm³/mol. The van der Waals surface area contributed by atoms with E-state index in [-0.39, 0.29) is 5.91 Å². The molecule has 0 aromatic heterocycles. The fourth-order valence-electron chi connectivity index (χ4n) is 3.14. The molecule has 0 saturated heterocycles. The van der Waals surface area contributed by atoms with Crippen molar-refractivity contribution in [3.63, 3.8) is 0 Å². The fourth-order valence-corrected chi connectivity index (χ4v) is 3.14. The minimum absolute atomic E-state index is 0.0615. The third kappa shape index (κ3) is 4.48. The first-order chi connectivity index (χ1) is 9.29. The maximum Gasteiger partial charge on any atom is 0.240 e. The molecule has 0 heterocycles. The van der Waals surface area contributed by atoms with Crippen molar-refractivity contribution in [2.75, 3.05) is 0 Å². The Morgan fingerprint density at radius 1 is 1.26 bits per heavy atom. The number of rotatable bonds is 8. The Morgan fingerprint density at radius 2 is 2.11 bits per heavy atom. The SMILES string of the molecule is CCCCCCCC(=O)NN=CC1CC2C=CC1C2. The third-order valence-corrected chi connectivity index (χ3v) is 4.29. The number of hydrogen-bond acceptors (Lipinski definition) is 2. The molecule has 3 nitrogen and oxygen atoms in total. The number of carbonyl (C=O) groups excluding carboxylic acids is 1. The highest BCUT2D eigenvalue weighted by Gasteiger charge is 2.34. The Bertz CT molecular complexity index is 349. The lowest BCUT2D eigenvalue weighted by Crippen LogP contribution is -2.19. The van der Waals surface area contributed by atoms with Crippen molar-refractivity contribution >= 4 is 12.1 Å². The molecule has 0 spiro atoms. The normalized spacial score (nSPS) is 28.4. The Hall–Kier alpha value is -1.12. The van der Waals surface area contributed by atoms with Gasteiger partial charge in [0, 0.05) is 18.6 Å². The van der Waals surface area contributed by atoms with Crippen LogP contribution in [0.4, 0.5) is 0 Å². The Balaban J connectivity index is 1.55. The molecule has 2 rings (SSSR count). The number of carbonyl (C=O) groups is 1. The molecule has 1 saturated carbocycles. The van der Waals surface area contributed by atoms with Gasteiger partial charge in [-0.3, -0.25) is 4.79 Å². The van der Waals surface area contributed by atoms with Crippen LogP contribution in [-0.4, -0.2) is 12.1 Å². The van der Waals surface area contributed by atoms with Gasteiger partial charge in [-0.05, 0) is 31.1 Å². The van der Waals surface area contributed by atoms with Gasteiger partial charge < -0.3 is 0 Å². The highest BCUT2D eigenvalue weighted by Crippen LogP contribution is 2.42. The standard InChI is InChI=1S/C16H26N2O/c1-2-3-4-5-6-7-16(19)18-17-12-15-11-13-8-9-14(15)10-13/h8-9,12-15H,2-7,10-11H2,1H3,(H,18,19). The van der Waals surface area contributed by atoms with Crippen LogP contribution in [0.15, 0.2) is 17.3 Å². The van der Waals surface area contributed by atoms with Crippen molar-refractivity contribution in [3.8, 4) is 0 Å². The minimum Gasteiger partial charge on any atom is -0.273 e. The summed E-state index contributed by atoms with van der Waals surface area (Å²) in [5, 5.41) is 4.13. The number of nitrogens with zero attached hydrogens (tertiary/aromatic N) is 1. The van der Waals surface area contributed by atoms with Gasteiger partial charge in [0.1, 0.15) is 0 Å². The van der Waals surface area contributed by atoms with Crippen molar-refractivity contribution in [3.05, 3.63) is 12.2 Å². The van der Waals surface area contributed by atoms with Crippen molar-refractivity contribution in [1.82, 2.24) is 5.43 Å². The highest BCUT2D eigenvalue weighted by molar-refractivity contribution is 5.77. The summed E-state index contributed by atoms with van der Waals surface area (Å²) in [5.74, 6) is 2.03. The smallest absolute Gasteiger partial charge is 0.240 e. The maximum atomic E-state index is 11.6. The second-order valence-electron chi connectivity index (χ2n) is 5.92. The number of nitrogens with one attached hydrogen (secondary N) is 1. The Labute approximate surface area is 116 Å². The molecule has 19 heavy (non-hydrogen) atoms. The molecule has 0 aromatic carbocycles. The molecule has 0 aliphatic heterocycles. The van der Waals surface area contributed by atoms with Crippen LogP contribution in [0.25, 0.3) is 0 Å². The van der Waals surface area contributed by atoms with Crippen LogP contribution in [0.5, 0.6) is 0 Å². The van der Waals surface area contributed by atoms with E-state index < -0.39 is 0 Å². The molecule has 1 fully saturated rings. The van der Waals surface area contributed by atoms with E-state index in [4.69, 9.17) is 0 Å². The quantitative estimate of drug-likeness (QED) is 0.308. The monoisotopic (exact) mass is 262 g/mol. The lowest BCUT2D eigenvalue weighted by Gasteiger charge is -2.11. The first kappa shape index (κ1) is 14.3. The van der Waals surface area contributed by atoms with Gasteiger partial charge in [0.05, 0.1) is 0 Å². The summed E-state index contributed by atoms with van der Waals surface area (Å²) in [6.45, 7) is 2.20. The zero-order valence-corrected chi connectivity index (χ0v) is 12.0. The highest BCUT2D eigenvalue weighted by atomic mass is 16.2. The van der Waals surface area contributed by atoms with E-state index in [1.165, 1.54) is 32.1 Å². The van der Waals surface area contributed by atoms with E-state index in [1.807, 2.05) is 6.21 Å². The van der Waals surface area contributed by atoms with Crippen LogP contribution in [0.3, 0.4) is 0 Å². The molecule has 3 unspecified atom stereocenters. The predicted octanol–water partition coefficient (Wildman–Crippen LogP) is 3.66. The maximum absolute atomic E-state index is 11.6. The molecule has 2 aliphatic carbocycles. The number of fused-ring (bicyclic) bond motifs is 2. The molecule has 0 radical (unpaired) electrons. The summed E-state index contributed by atoms with van der Waals surface area (Å²) in [6, 6.07) is 0. The molecule has 106 valence electrons. The van der Waals surface area contributed by atoms with Gasteiger partial charge in [-0.15, -0.1) is 0 Å². The van der Waals surface area contributed by atoms with Crippen LogP contribution in [0.1, 0.15) is 58.3 Å². The van der Waals surface area contributed by atoms with Crippen LogP contribution in [-0.2, 0) is 4.79 Å². The fraction of sp³-hybridized carbons (Fsp3) is 0.750. The summed E-state index contributed by atoms with van der Waals surface area (Å²) >= 11 is 0. The van der Waals surface area contributed by atoms with E-state index in [0.717, 1.165) is 18.8 Å². The van der Waals surface area contributed by atoms with Gasteiger partial charge in [-0.1, -0.05) is 44.8 Å². The van der Waals surface area contributed by atoms with Crippen LogP contribution >= 0.6 is 0 Å². The molecule has 1 N–H and O–H groups in total. The molecule has 1 amide bonds. The van der Waals surface area contributed by atoms with E-state index in [1.54, 1.807) is 0 Å². The van der Waals surface area contributed by atoms with Crippen molar-refractivity contribution in [2.45, 2.75) is 58.3 Å². The average molecular weight is 262 g/mol. The Kier molecular flexibility index (Phi) is 5.62. The van der Waals surface area contributed by atoms with E-state index >= 15 is 0 Å². The first-order valence-corrected chi connectivity index (χ1v) is 7.80. The van der Waals surface area contributed by atoms with E-state index in [0.29, 0.717) is 18.3 Å². The van der Waals surface area contributed by atoms with Gasteiger partial charge in [0.25, 0.3) is 0 Å². The summed E-state index contributed by atoms with van der Waals surface area (Å²) in [6.07, 6.45) is 15.6. The van der Waals surface area contributed by atoms with Gasteiger partial charge in [0.15, 0.2) is 0 Å². The van der Waals surface area contributed by atoms with Crippen molar-refractivity contribution in [2.24, 2.45) is 22.9 Å². The van der Waals surface area contributed by atoms with E-state index in [2.05, 4.69) is 29.6 Å². The third-order valence-electron chi connectivity index (χ3n) is 4.29. The molecular formula is C16H26N2O. The molecule has 2 aliphatic rings. The lowest BCUT2D eigenvalue weighted by atomic mass is 9.95. The zero-order chi connectivity index (χ0) is 13.5. The Morgan fingerprint density at radius 3 is 2.79 bits per heavy atom. The minimum atomic E-state index is 0.0615. The van der Waals surface area contributed by atoms with Crippen LogP contribution < -0.4 is 5.43 Å². The van der Waals surface area contributed by atoms with Gasteiger partial charge in [-0.25, -0.2) is 5.43 Å². The van der Waals surface area contributed by atoms with Gasteiger partial charge in [0.2, 0.25) is 5.91 Å². The van der Waals surface area contributed by atoms with Crippen LogP contribution in [0.2, 0.25) is 0 Å². The molecular weight excluding hydrogens is 236 g/mol. The number of allylic oxidation sites excluding steroid dienone is 2. The first-order valence-electron chi connectivity index (χ1n) is 7.80. The van der Waals surface area contributed by atoms with E-state index in [9.17, 15) is 4.79 Å². The summed E-state index contributed by atoms with van der Waals surface area (Å²) in [7, 11) is 0. The summed E-state index contributed by atoms with van der Waals surface area (Å²) in [4.78, 5) is 11.6. The van der Waals surface area contributed by atoms with Gasteiger partial charge in [-0.2, -0.15) is 5.10 Å². The topological polar surface area (TPSA) is 41.5 Å². The van der Waals surface area contributed by atoms with Crippen molar-refractivity contribution in [1.29, 1.82) is 0 Å². The van der Waals surface area contributed by atoms with Crippen molar-refractivity contribution < 1.29 is 4.79 Å². The molecule has 3 heteroatoms. The molecule has 3 atom stereocenters. The lowest BCUT2D eigenvalue weighted by molar-refractivity contribution is -0.121. The largest absolute Gasteiger partial charge is 0.273 e. The number of amides is 1. The number of hydrogen-bond donors (Lipinski definition) is 1. The summed E-state index contributed by atoms with van der Waals surface area (Å²) in [5.41, 5.74) is 2.67. The second kappa shape index (κ2) is 7.46. The number of unbranched alkanes of at least 4 members (excludes halogenated alkanes) is 4. The zero-order valence-electron chi connectivity index (χ0n) is 12.0. The van der Waals surface area contributed by atoms with Crippen LogP contribution in [0, 0.1) is 17.8 Å². The average Bonchev–Trinajstić information content (AvgIpc) is 3.01. The molecule has 0 aromatic rings. The second-order valence-corrected chi connectivity index (χ2v) is 5.92. The van der Waals surface area contributed by atoms with Gasteiger partial charge >= 0.3 is 0 Å². The number of hydrazone groups is 1.